The Balaban J connectivity index is 2.65. The molecule has 1 saturated heterocycles. The molecule has 17 heavy (non-hydrogen) atoms. The summed E-state index contributed by atoms with van der Waals surface area (Å²) < 4.78 is 0.0673. The number of amides is 2. The van der Waals surface area contributed by atoms with Gasteiger partial charge in [0.2, 0.25) is 11.8 Å². The van der Waals surface area contributed by atoms with Crippen LogP contribution in [0.2, 0.25) is 0 Å². The second-order valence-electron chi connectivity index (χ2n) is 5.76. The minimum Gasteiger partial charge on any atom is -0.352 e. The van der Waals surface area contributed by atoms with Crippen LogP contribution in [0.25, 0.3) is 0 Å². The molecule has 5 heteroatoms. The first-order valence-corrected chi connectivity index (χ1v) is 6.86. The fourth-order valence-electron chi connectivity index (χ4n) is 1.69. The van der Waals surface area contributed by atoms with Gasteiger partial charge in [-0.15, -0.1) is 11.8 Å². The molecule has 2 amide bonds. The van der Waals surface area contributed by atoms with Crippen molar-refractivity contribution in [2.75, 3.05) is 18.8 Å². The molecular weight excluding hydrogens is 236 g/mol. The summed E-state index contributed by atoms with van der Waals surface area (Å²) in [6, 6.07) is 0. The second-order valence-corrected chi connectivity index (χ2v) is 7.56. The molecule has 0 atom stereocenters. The topological polar surface area (TPSA) is 49.4 Å². The first kappa shape index (κ1) is 14.4. The summed E-state index contributed by atoms with van der Waals surface area (Å²) in [4.78, 5) is 25.5. The van der Waals surface area contributed by atoms with Crippen molar-refractivity contribution >= 4 is 23.6 Å². The van der Waals surface area contributed by atoms with Crippen LogP contribution in [0.3, 0.4) is 0 Å². The van der Waals surface area contributed by atoms with Crippen molar-refractivity contribution in [3.8, 4) is 0 Å². The van der Waals surface area contributed by atoms with Gasteiger partial charge in [-0.25, -0.2) is 0 Å². The Labute approximate surface area is 108 Å². The summed E-state index contributed by atoms with van der Waals surface area (Å²) in [6.45, 7) is 11.0. The number of hydrogen-bond acceptors (Lipinski definition) is 3. The lowest BCUT2D eigenvalue weighted by Gasteiger charge is -2.41. The first-order valence-electron chi connectivity index (χ1n) is 5.87. The zero-order chi connectivity index (χ0) is 13.3. The van der Waals surface area contributed by atoms with Crippen LogP contribution in [0.4, 0.5) is 0 Å². The van der Waals surface area contributed by atoms with Crippen molar-refractivity contribution in [2.45, 2.75) is 44.9 Å². The van der Waals surface area contributed by atoms with Gasteiger partial charge in [0, 0.05) is 17.8 Å². The van der Waals surface area contributed by atoms with Crippen LogP contribution in [-0.4, -0.2) is 45.8 Å². The molecule has 0 saturated carbocycles. The first-order chi connectivity index (χ1) is 7.64. The molecule has 0 unspecified atom stereocenters. The van der Waals surface area contributed by atoms with Gasteiger partial charge in [-0.1, -0.05) is 20.8 Å². The van der Waals surface area contributed by atoms with Gasteiger partial charge in [0.05, 0.1) is 5.75 Å². The highest BCUT2D eigenvalue weighted by atomic mass is 32.2. The highest BCUT2D eigenvalue weighted by Crippen LogP contribution is 2.25. The summed E-state index contributed by atoms with van der Waals surface area (Å²) in [5, 5.41) is 2.79. The Bertz CT molecular complexity index is 321. The maximum atomic E-state index is 12.1. The number of carbonyl (C=O) groups is 2. The molecule has 0 aromatic carbocycles. The minimum absolute atomic E-state index is 0.0461. The zero-order valence-electron chi connectivity index (χ0n) is 11.3. The molecule has 0 radical (unpaired) electrons. The third-order valence-electron chi connectivity index (χ3n) is 2.78. The number of nitrogens with zero attached hydrogens (tertiary/aromatic N) is 1. The molecule has 1 N–H and O–H groups in total. The van der Waals surface area contributed by atoms with Gasteiger partial charge >= 0.3 is 0 Å². The SMILES string of the molecule is CC(C)(C)SCC(=O)N1CCNC(=O)C1(C)C. The third kappa shape index (κ3) is 3.63. The Morgan fingerprint density at radius 3 is 2.59 bits per heavy atom. The van der Waals surface area contributed by atoms with E-state index >= 15 is 0 Å². The van der Waals surface area contributed by atoms with Crippen LogP contribution < -0.4 is 5.32 Å². The van der Waals surface area contributed by atoms with Crippen molar-refractivity contribution < 1.29 is 9.59 Å². The minimum atomic E-state index is -0.728. The lowest BCUT2D eigenvalue weighted by Crippen LogP contribution is -2.63. The fraction of sp³-hybridized carbons (Fsp3) is 0.833. The summed E-state index contributed by atoms with van der Waals surface area (Å²) in [5.41, 5.74) is -0.728. The number of thioether (sulfide) groups is 1. The molecule has 0 aromatic heterocycles. The van der Waals surface area contributed by atoms with Crippen LogP contribution in [0.15, 0.2) is 0 Å². The van der Waals surface area contributed by atoms with Crippen molar-refractivity contribution in [3.05, 3.63) is 0 Å². The smallest absolute Gasteiger partial charge is 0.245 e. The molecule has 0 aliphatic carbocycles. The molecule has 1 fully saturated rings. The number of rotatable bonds is 2. The van der Waals surface area contributed by atoms with E-state index in [-0.39, 0.29) is 16.6 Å². The van der Waals surface area contributed by atoms with Gasteiger partial charge in [0.25, 0.3) is 0 Å². The molecule has 1 heterocycles. The van der Waals surface area contributed by atoms with E-state index in [1.165, 1.54) is 0 Å². The Morgan fingerprint density at radius 2 is 2.06 bits per heavy atom. The van der Waals surface area contributed by atoms with Gasteiger partial charge in [0.15, 0.2) is 0 Å². The van der Waals surface area contributed by atoms with E-state index in [1.54, 1.807) is 30.5 Å². The lowest BCUT2D eigenvalue weighted by molar-refractivity contribution is -0.147. The van der Waals surface area contributed by atoms with Crippen LogP contribution in [0, 0.1) is 0 Å². The molecule has 0 spiro atoms. The molecule has 98 valence electrons. The van der Waals surface area contributed by atoms with Gasteiger partial charge in [-0.05, 0) is 13.8 Å². The van der Waals surface area contributed by atoms with E-state index in [9.17, 15) is 9.59 Å². The average Bonchev–Trinajstić information content (AvgIpc) is 2.17. The largest absolute Gasteiger partial charge is 0.352 e. The number of piperazine rings is 1. The molecule has 1 rings (SSSR count). The molecular formula is C12H22N2O2S. The van der Waals surface area contributed by atoms with Crippen LogP contribution in [0.5, 0.6) is 0 Å². The standard InChI is InChI=1S/C12H22N2O2S/c1-11(2,3)17-8-9(15)14-7-6-13-10(16)12(14,4)5/h6-8H2,1-5H3,(H,13,16). The van der Waals surface area contributed by atoms with Crippen molar-refractivity contribution in [1.29, 1.82) is 0 Å². The highest BCUT2D eigenvalue weighted by Gasteiger charge is 2.40. The summed E-state index contributed by atoms with van der Waals surface area (Å²) >= 11 is 1.61. The van der Waals surface area contributed by atoms with E-state index < -0.39 is 5.54 Å². The molecule has 0 bridgehead atoms. The molecule has 0 aromatic rings. The highest BCUT2D eigenvalue weighted by molar-refractivity contribution is 8.01. The van der Waals surface area contributed by atoms with E-state index in [0.717, 1.165) is 0 Å². The lowest BCUT2D eigenvalue weighted by atomic mass is 9.99. The van der Waals surface area contributed by atoms with E-state index in [1.807, 2.05) is 0 Å². The van der Waals surface area contributed by atoms with Gasteiger partial charge < -0.3 is 10.2 Å². The van der Waals surface area contributed by atoms with E-state index in [0.29, 0.717) is 18.8 Å². The summed E-state index contributed by atoms with van der Waals surface area (Å²) in [7, 11) is 0. The summed E-state index contributed by atoms with van der Waals surface area (Å²) in [5.74, 6) is 0.405. The molecule has 4 nitrogen and oxygen atoms in total. The quantitative estimate of drug-likeness (QED) is 0.811. The van der Waals surface area contributed by atoms with E-state index in [4.69, 9.17) is 0 Å². The molecule has 1 aliphatic heterocycles. The van der Waals surface area contributed by atoms with E-state index in [2.05, 4.69) is 26.1 Å². The molecule has 1 aliphatic rings. The Hall–Kier alpha value is -0.710. The average molecular weight is 258 g/mol. The predicted octanol–water partition coefficient (Wildman–Crippen LogP) is 1.26. The number of hydrogen-bond donors (Lipinski definition) is 1. The zero-order valence-corrected chi connectivity index (χ0v) is 12.1. The number of nitrogens with one attached hydrogen (secondary N) is 1. The van der Waals surface area contributed by atoms with Crippen LogP contribution in [-0.2, 0) is 9.59 Å². The second kappa shape index (κ2) is 4.88. The van der Waals surface area contributed by atoms with Crippen LogP contribution in [0.1, 0.15) is 34.6 Å². The maximum Gasteiger partial charge on any atom is 0.245 e. The van der Waals surface area contributed by atoms with Crippen molar-refractivity contribution in [3.63, 3.8) is 0 Å². The predicted molar refractivity (Wildman–Crippen MR) is 71.0 cm³/mol. The van der Waals surface area contributed by atoms with Gasteiger partial charge in [0.1, 0.15) is 5.54 Å². The maximum absolute atomic E-state index is 12.1. The third-order valence-corrected chi connectivity index (χ3v) is 4.04. The number of carbonyl (C=O) groups excluding carboxylic acids is 2. The normalized spacial score (nSPS) is 20.1. The monoisotopic (exact) mass is 258 g/mol. The Morgan fingerprint density at radius 1 is 1.47 bits per heavy atom. The fourth-order valence-corrected chi connectivity index (χ4v) is 2.40. The van der Waals surface area contributed by atoms with Gasteiger partial charge in [-0.3, -0.25) is 9.59 Å². The van der Waals surface area contributed by atoms with Crippen molar-refractivity contribution in [2.24, 2.45) is 0 Å². The van der Waals surface area contributed by atoms with Gasteiger partial charge in [-0.2, -0.15) is 0 Å². The van der Waals surface area contributed by atoms with Crippen LogP contribution >= 0.6 is 11.8 Å². The van der Waals surface area contributed by atoms with Crippen molar-refractivity contribution in [1.82, 2.24) is 10.2 Å². The Kier molecular flexibility index (Phi) is 4.12. The summed E-state index contributed by atoms with van der Waals surface area (Å²) in [6.07, 6.45) is 0.